The third kappa shape index (κ3) is 4.98. The molecule has 230 valence electrons. The van der Waals surface area contributed by atoms with Crippen LogP contribution in [0.4, 0.5) is 0 Å². The van der Waals surface area contributed by atoms with E-state index in [2.05, 4.69) is 33.5 Å². The Morgan fingerprint density at radius 3 is 2.82 bits per heavy atom. The van der Waals surface area contributed by atoms with Crippen LogP contribution in [0, 0.1) is 11.8 Å². The van der Waals surface area contributed by atoms with Crippen LogP contribution in [0.2, 0.25) is 0 Å². The summed E-state index contributed by atoms with van der Waals surface area (Å²) < 4.78 is 13.1. The molecular formula is C33H38N6O5. The number of aromatic amines is 1. The Balaban J connectivity index is 1.17. The van der Waals surface area contributed by atoms with Gasteiger partial charge in [-0.15, -0.1) is 0 Å². The van der Waals surface area contributed by atoms with Crippen molar-refractivity contribution in [1.29, 1.82) is 0 Å². The van der Waals surface area contributed by atoms with Gasteiger partial charge in [0.2, 0.25) is 17.7 Å². The van der Waals surface area contributed by atoms with Crippen molar-refractivity contribution in [2.75, 3.05) is 39.4 Å². The van der Waals surface area contributed by atoms with E-state index in [4.69, 9.17) is 9.15 Å². The second-order valence-corrected chi connectivity index (χ2v) is 12.2. The molecule has 3 aliphatic rings. The molecule has 0 radical (unpaired) electrons. The van der Waals surface area contributed by atoms with Gasteiger partial charge in [0.15, 0.2) is 0 Å². The van der Waals surface area contributed by atoms with Gasteiger partial charge in [-0.05, 0) is 49.9 Å². The largest absolute Gasteiger partial charge is 0.464 e. The van der Waals surface area contributed by atoms with E-state index in [1.807, 2.05) is 39.6 Å². The van der Waals surface area contributed by atoms with Gasteiger partial charge in [-0.3, -0.25) is 14.4 Å². The first-order valence-corrected chi connectivity index (χ1v) is 15.5. The number of fused-ring (bicyclic) bond motifs is 5. The van der Waals surface area contributed by atoms with Gasteiger partial charge in [-0.2, -0.15) is 0 Å². The van der Waals surface area contributed by atoms with E-state index < -0.39 is 17.4 Å². The lowest BCUT2D eigenvalue weighted by Gasteiger charge is -2.54. The minimum Gasteiger partial charge on any atom is -0.464 e. The summed E-state index contributed by atoms with van der Waals surface area (Å²) in [4.78, 5) is 52.9. The Morgan fingerprint density at radius 2 is 2.05 bits per heavy atom. The number of amides is 3. The summed E-state index contributed by atoms with van der Waals surface area (Å²) in [6.45, 7) is 5.81. The van der Waals surface area contributed by atoms with E-state index >= 15 is 0 Å². The number of morpholine rings is 1. The van der Waals surface area contributed by atoms with Crippen molar-refractivity contribution in [3.63, 3.8) is 0 Å². The van der Waals surface area contributed by atoms with Crippen molar-refractivity contribution in [2.24, 2.45) is 11.8 Å². The number of benzene rings is 1. The number of carbonyl (C=O) groups is 3. The lowest BCUT2D eigenvalue weighted by Crippen LogP contribution is -2.65. The number of furan rings is 1. The van der Waals surface area contributed by atoms with Gasteiger partial charge >= 0.3 is 0 Å². The fourth-order valence-corrected chi connectivity index (χ4v) is 7.39. The minimum absolute atomic E-state index is 0.0156. The van der Waals surface area contributed by atoms with E-state index in [-0.39, 0.29) is 24.1 Å². The number of carbonyl (C=O) groups excluding carboxylic acids is 3. The monoisotopic (exact) mass is 598 g/mol. The van der Waals surface area contributed by atoms with Crippen molar-refractivity contribution in [2.45, 2.75) is 44.7 Å². The Morgan fingerprint density at radius 1 is 1.18 bits per heavy atom. The minimum atomic E-state index is -0.873. The molecule has 3 atom stereocenters. The second-order valence-electron chi connectivity index (χ2n) is 12.2. The van der Waals surface area contributed by atoms with E-state index in [0.717, 1.165) is 46.4 Å². The van der Waals surface area contributed by atoms with E-state index in [1.165, 1.54) is 0 Å². The number of hydrogen-bond donors (Lipinski definition) is 2. The van der Waals surface area contributed by atoms with Crippen LogP contribution in [-0.4, -0.2) is 81.4 Å². The van der Waals surface area contributed by atoms with Crippen LogP contribution in [0.5, 0.6) is 0 Å². The molecule has 6 heterocycles. The zero-order valence-electron chi connectivity index (χ0n) is 25.0. The van der Waals surface area contributed by atoms with Crippen LogP contribution >= 0.6 is 0 Å². The molecule has 3 aliphatic heterocycles. The first-order valence-electron chi connectivity index (χ1n) is 15.5. The normalized spacial score (nSPS) is 23.4. The number of rotatable bonds is 8. The number of nitrogens with zero attached hydrogens (tertiary/aromatic N) is 4. The van der Waals surface area contributed by atoms with Gasteiger partial charge in [0.05, 0.1) is 37.3 Å². The van der Waals surface area contributed by atoms with Crippen LogP contribution < -0.4 is 5.32 Å². The van der Waals surface area contributed by atoms with E-state index in [0.29, 0.717) is 52.2 Å². The summed E-state index contributed by atoms with van der Waals surface area (Å²) in [5.74, 6) is -0.501. The van der Waals surface area contributed by atoms with Crippen LogP contribution in [0.25, 0.3) is 22.2 Å². The standard InChI is InChI=1S/C33H38N6O5/c1-33-26(32(42)38-13-16-43-17-14-38)18-23(20-29(40)35-8-3-10-37-12-9-34-21-37)31(41)39(33)11-7-25-24-6-5-22(28-4-2-15-44-28)19-27(24)36-30(25)33/h2,4-6,9,12,15,19,21,23,26,36H,3,7-8,10-11,13-14,16-18,20H2,1H3,(H,35,40)/t23-,26-,33+/m1/s1. The number of H-pyrrole nitrogens is 1. The van der Waals surface area contributed by atoms with Crippen LogP contribution in [0.3, 0.4) is 0 Å². The van der Waals surface area contributed by atoms with Gasteiger partial charge in [0, 0.05) is 79.6 Å². The lowest BCUT2D eigenvalue weighted by molar-refractivity contribution is -0.166. The number of imidazole rings is 1. The van der Waals surface area contributed by atoms with Crippen molar-refractivity contribution in [3.8, 4) is 11.3 Å². The molecule has 11 nitrogen and oxygen atoms in total. The fraction of sp³-hybridized carbons (Fsp3) is 0.455. The number of ether oxygens (including phenoxy) is 1. The average Bonchev–Trinajstić information content (AvgIpc) is 3.83. The number of hydrogen-bond acceptors (Lipinski definition) is 6. The molecule has 3 amide bonds. The first-order chi connectivity index (χ1) is 21.4. The summed E-state index contributed by atoms with van der Waals surface area (Å²) >= 11 is 0. The predicted molar refractivity (Wildman–Crippen MR) is 162 cm³/mol. The second kappa shape index (κ2) is 11.6. The molecule has 4 aromatic rings. The zero-order valence-corrected chi connectivity index (χ0v) is 25.0. The fourth-order valence-electron chi connectivity index (χ4n) is 7.39. The van der Waals surface area contributed by atoms with Gasteiger partial charge < -0.3 is 33.8 Å². The molecule has 1 aromatic carbocycles. The SMILES string of the molecule is C[C@]12c3[nH]c4cc(-c5ccco5)ccc4c3CCN1C(=O)[C@@H](CC(=O)NCCCn1ccnc1)C[C@@H]2C(=O)N1CCOCC1. The summed E-state index contributed by atoms with van der Waals surface area (Å²) in [6.07, 6.45) is 8.84. The molecule has 2 fully saturated rings. The maximum absolute atomic E-state index is 14.3. The average molecular weight is 599 g/mol. The first kappa shape index (κ1) is 28.4. The molecule has 11 heteroatoms. The third-order valence-corrected chi connectivity index (χ3v) is 9.71. The summed E-state index contributed by atoms with van der Waals surface area (Å²) in [6, 6.07) is 10.0. The Hall–Kier alpha value is -4.38. The topological polar surface area (TPSA) is 126 Å². The van der Waals surface area contributed by atoms with Gasteiger partial charge in [0.25, 0.3) is 0 Å². The molecule has 2 saturated heterocycles. The molecule has 2 N–H and O–H groups in total. The molecule has 3 aromatic heterocycles. The summed E-state index contributed by atoms with van der Waals surface area (Å²) in [5, 5.41) is 4.08. The quantitative estimate of drug-likeness (QED) is 0.300. The molecule has 0 aliphatic carbocycles. The Labute approximate surface area is 255 Å². The highest BCUT2D eigenvalue weighted by Gasteiger charge is 2.57. The highest BCUT2D eigenvalue weighted by molar-refractivity contribution is 5.93. The molecule has 0 saturated carbocycles. The molecule has 0 bridgehead atoms. The van der Waals surface area contributed by atoms with Gasteiger partial charge in [-0.1, -0.05) is 12.1 Å². The Kier molecular flexibility index (Phi) is 7.49. The van der Waals surface area contributed by atoms with Crippen molar-refractivity contribution in [1.82, 2.24) is 29.7 Å². The number of piperidine rings is 1. The number of nitrogens with one attached hydrogen (secondary N) is 2. The molecule has 44 heavy (non-hydrogen) atoms. The maximum Gasteiger partial charge on any atom is 0.228 e. The highest BCUT2D eigenvalue weighted by Crippen LogP contribution is 2.50. The highest BCUT2D eigenvalue weighted by atomic mass is 16.5. The van der Waals surface area contributed by atoms with Crippen LogP contribution in [0.1, 0.15) is 37.4 Å². The number of aryl methyl sites for hydroxylation is 1. The predicted octanol–water partition coefficient (Wildman–Crippen LogP) is 3.32. The summed E-state index contributed by atoms with van der Waals surface area (Å²) in [7, 11) is 0. The van der Waals surface area contributed by atoms with Gasteiger partial charge in [0.1, 0.15) is 5.76 Å². The number of aromatic nitrogens is 3. The van der Waals surface area contributed by atoms with Gasteiger partial charge in [-0.25, -0.2) is 4.98 Å². The smallest absolute Gasteiger partial charge is 0.228 e. The van der Waals surface area contributed by atoms with Crippen LogP contribution in [-0.2, 0) is 37.6 Å². The van der Waals surface area contributed by atoms with Crippen molar-refractivity contribution >= 4 is 28.6 Å². The lowest BCUT2D eigenvalue weighted by atomic mass is 9.67. The van der Waals surface area contributed by atoms with Crippen molar-refractivity contribution < 1.29 is 23.5 Å². The molecular weight excluding hydrogens is 560 g/mol. The zero-order chi connectivity index (χ0) is 30.3. The Bertz CT molecular complexity index is 1650. The maximum atomic E-state index is 14.3. The van der Waals surface area contributed by atoms with Crippen LogP contribution in [0.15, 0.2) is 59.7 Å². The van der Waals surface area contributed by atoms with Crippen molar-refractivity contribution in [3.05, 3.63) is 66.6 Å². The van der Waals surface area contributed by atoms with E-state index in [9.17, 15) is 14.4 Å². The van der Waals surface area contributed by atoms with E-state index in [1.54, 1.807) is 18.8 Å². The molecule has 7 rings (SSSR count). The molecule has 0 spiro atoms. The third-order valence-electron chi connectivity index (χ3n) is 9.71. The summed E-state index contributed by atoms with van der Waals surface area (Å²) in [5.41, 5.74) is 3.10. The molecule has 0 unspecified atom stereocenters.